The number of nitrogens with zero attached hydrogens (tertiary/aromatic N) is 1. The number of rotatable bonds is 5. The number of phenolic OH excluding ortho intramolecular Hbond substituents is 1. The van der Waals surface area contributed by atoms with Gasteiger partial charge in [-0.25, -0.2) is 9.37 Å². The molecule has 0 spiro atoms. The Kier molecular flexibility index (Phi) is 5.69. The molecule has 0 unspecified atom stereocenters. The molecule has 2 aromatic carbocycles. The van der Waals surface area contributed by atoms with Gasteiger partial charge in [0.25, 0.3) is 0 Å². The average Bonchev–Trinajstić information content (AvgIpc) is 2.67. The summed E-state index contributed by atoms with van der Waals surface area (Å²) in [6.45, 7) is 0. The van der Waals surface area contributed by atoms with Gasteiger partial charge in [0.15, 0.2) is 11.6 Å². The topological polar surface area (TPSA) is 97.5 Å². The van der Waals surface area contributed by atoms with Gasteiger partial charge in [-0.2, -0.15) is 0 Å². The lowest BCUT2D eigenvalue weighted by Crippen LogP contribution is -2.15. The summed E-state index contributed by atoms with van der Waals surface area (Å²) in [5, 5.41) is 19.9. The number of anilines is 1. The number of fused-ring (bicyclic) bond motifs is 1. The van der Waals surface area contributed by atoms with Gasteiger partial charge in [-0.05, 0) is 42.3 Å². The van der Waals surface area contributed by atoms with Crippen molar-refractivity contribution in [3.05, 3.63) is 52.9 Å². The van der Waals surface area contributed by atoms with Crippen molar-refractivity contribution in [2.75, 3.05) is 12.4 Å². The van der Waals surface area contributed by atoms with Gasteiger partial charge < -0.3 is 15.2 Å². The van der Waals surface area contributed by atoms with Crippen molar-refractivity contribution < 1.29 is 19.0 Å². The molecule has 1 heterocycles. The molecule has 0 fully saturated rings. The summed E-state index contributed by atoms with van der Waals surface area (Å²) < 4.78 is 18.8. The van der Waals surface area contributed by atoms with Gasteiger partial charge in [0.2, 0.25) is 11.8 Å². The molecule has 6 nitrogen and oxygen atoms in total. The summed E-state index contributed by atoms with van der Waals surface area (Å²) in [4.78, 5) is 17.3. The van der Waals surface area contributed by atoms with E-state index in [1.54, 1.807) is 24.4 Å². The number of hydrogen-bond donors (Lipinski definition) is 3. The zero-order valence-electron chi connectivity index (χ0n) is 14.1. The first-order valence-electron chi connectivity index (χ1n) is 7.73. The molecular weight excluding hydrogens is 393 g/mol. The van der Waals surface area contributed by atoms with Gasteiger partial charge in [0, 0.05) is 38.1 Å². The number of aromatic nitrogens is 1. The third-order valence-electron chi connectivity index (χ3n) is 3.92. The van der Waals surface area contributed by atoms with E-state index in [0.717, 1.165) is 28.3 Å². The van der Waals surface area contributed by atoms with E-state index in [2.05, 4.69) is 10.3 Å². The number of ether oxygens (including phenoxy) is 1. The highest BCUT2D eigenvalue weighted by atomic mass is 35.5. The van der Waals surface area contributed by atoms with E-state index in [-0.39, 0.29) is 17.0 Å². The van der Waals surface area contributed by atoms with Crippen LogP contribution in [0.2, 0.25) is 5.02 Å². The second-order valence-electron chi connectivity index (χ2n) is 5.59. The molecule has 0 aliphatic heterocycles. The summed E-state index contributed by atoms with van der Waals surface area (Å²) in [5.41, 5.74) is 0.474. The van der Waals surface area contributed by atoms with E-state index in [0.29, 0.717) is 17.0 Å². The van der Waals surface area contributed by atoms with Crippen LogP contribution in [0.5, 0.6) is 11.6 Å². The van der Waals surface area contributed by atoms with Crippen LogP contribution in [0.3, 0.4) is 0 Å². The molecule has 0 saturated heterocycles. The van der Waals surface area contributed by atoms with Gasteiger partial charge in [-0.1, -0.05) is 11.6 Å². The molecule has 1 amide bonds. The summed E-state index contributed by atoms with van der Waals surface area (Å²) in [7, 11) is 1.50. The number of halogens is 2. The van der Waals surface area contributed by atoms with Crippen LogP contribution < -0.4 is 15.2 Å². The van der Waals surface area contributed by atoms with Gasteiger partial charge in [0.1, 0.15) is 0 Å². The van der Waals surface area contributed by atoms with E-state index in [1.807, 2.05) is 0 Å². The van der Waals surface area contributed by atoms with E-state index in [4.69, 9.17) is 21.5 Å². The van der Waals surface area contributed by atoms with E-state index < -0.39 is 17.5 Å². The molecule has 3 rings (SSSR count). The number of carbonyl (C=O) groups excluding carboxylic acids is 1. The van der Waals surface area contributed by atoms with Crippen LogP contribution in [0.25, 0.3) is 10.8 Å². The van der Waals surface area contributed by atoms with Crippen molar-refractivity contribution in [3.8, 4) is 11.6 Å². The molecule has 9 heteroatoms. The number of phenols is 1. The Morgan fingerprint density at radius 1 is 1.37 bits per heavy atom. The first kappa shape index (κ1) is 19.2. The van der Waals surface area contributed by atoms with Gasteiger partial charge >= 0.3 is 0 Å². The minimum absolute atomic E-state index is 0.0163. The van der Waals surface area contributed by atoms with Crippen molar-refractivity contribution in [1.29, 1.82) is 0 Å². The minimum atomic E-state index is -0.842. The highest BCUT2D eigenvalue weighted by molar-refractivity contribution is 7.97. The normalized spacial score (nSPS) is 10.8. The molecule has 27 heavy (non-hydrogen) atoms. The number of nitrogens with one attached hydrogen (secondary N) is 1. The Hall–Kier alpha value is -2.55. The van der Waals surface area contributed by atoms with Crippen molar-refractivity contribution >= 4 is 45.9 Å². The molecule has 0 atom stereocenters. The third-order valence-corrected chi connectivity index (χ3v) is 4.87. The fraction of sp³-hybridized carbons (Fsp3) is 0.111. The fourth-order valence-corrected chi connectivity index (χ4v) is 3.39. The van der Waals surface area contributed by atoms with Crippen LogP contribution in [0.15, 0.2) is 41.4 Å². The molecule has 4 N–H and O–H groups in total. The van der Waals surface area contributed by atoms with Crippen LogP contribution in [0, 0.1) is 5.82 Å². The lowest BCUT2D eigenvalue weighted by Gasteiger charge is -2.12. The Morgan fingerprint density at radius 2 is 2.15 bits per heavy atom. The largest absolute Gasteiger partial charge is 0.505 e. The van der Waals surface area contributed by atoms with Crippen LogP contribution in [0.4, 0.5) is 10.1 Å². The monoisotopic (exact) mass is 407 g/mol. The number of pyridine rings is 1. The van der Waals surface area contributed by atoms with Gasteiger partial charge in [0.05, 0.1) is 13.5 Å². The maximum atomic E-state index is 13.5. The first-order valence-corrected chi connectivity index (χ1v) is 8.99. The maximum Gasteiger partial charge on any atom is 0.228 e. The predicted octanol–water partition coefficient (Wildman–Crippen LogP) is 3.89. The molecule has 0 aliphatic rings. The lowest BCUT2D eigenvalue weighted by atomic mass is 10.1. The summed E-state index contributed by atoms with van der Waals surface area (Å²) in [6, 6.07) is 7.52. The first-order chi connectivity index (χ1) is 12.9. The van der Waals surface area contributed by atoms with E-state index in [1.165, 1.54) is 13.2 Å². The lowest BCUT2D eigenvalue weighted by molar-refractivity contribution is -0.115. The molecular formula is C18H15ClFN3O3S. The highest BCUT2D eigenvalue weighted by Crippen LogP contribution is 2.34. The Balaban J connectivity index is 1.93. The third kappa shape index (κ3) is 3.92. The maximum absolute atomic E-state index is 13.5. The van der Waals surface area contributed by atoms with Crippen LogP contribution in [-0.2, 0) is 11.2 Å². The Morgan fingerprint density at radius 3 is 2.85 bits per heavy atom. The van der Waals surface area contributed by atoms with Gasteiger partial charge in [-0.3, -0.25) is 9.93 Å². The zero-order chi connectivity index (χ0) is 19.6. The van der Waals surface area contributed by atoms with Crippen molar-refractivity contribution in [2.24, 2.45) is 5.14 Å². The van der Waals surface area contributed by atoms with Crippen molar-refractivity contribution in [3.63, 3.8) is 0 Å². The smallest absolute Gasteiger partial charge is 0.228 e. The Labute approximate surface area is 163 Å². The minimum Gasteiger partial charge on any atom is -0.505 e. The zero-order valence-corrected chi connectivity index (χ0v) is 15.7. The van der Waals surface area contributed by atoms with E-state index >= 15 is 0 Å². The number of aromatic hydroxyl groups is 1. The molecule has 3 aromatic rings. The molecule has 1 aromatic heterocycles. The van der Waals surface area contributed by atoms with Crippen LogP contribution >= 0.6 is 23.5 Å². The summed E-state index contributed by atoms with van der Waals surface area (Å²) >= 11 is 6.99. The number of carbonyl (C=O) groups is 1. The average molecular weight is 408 g/mol. The van der Waals surface area contributed by atoms with Crippen LogP contribution in [0.1, 0.15) is 5.56 Å². The SMILES string of the molecule is COc1nccc2c(SN)cc(NC(=O)Cc3c(Cl)ccc(F)c3O)cc12. The number of benzene rings is 2. The van der Waals surface area contributed by atoms with Crippen molar-refractivity contribution in [1.82, 2.24) is 4.98 Å². The number of hydrogen-bond acceptors (Lipinski definition) is 6. The predicted molar refractivity (Wildman–Crippen MR) is 104 cm³/mol. The molecule has 0 radical (unpaired) electrons. The van der Waals surface area contributed by atoms with Gasteiger partial charge in [-0.15, -0.1) is 0 Å². The molecule has 0 aliphatic carbocycles. The summed E-state index contributed by atoms with van der Waals surface area (Å²) in [6.07, 6.45) is 1.31. The number of methoxy groups -OCH3 is 1. The standard InChI is InChI=1S/C18H15ClFN3O3S/c1-26-18-11-6-9(7-15(27-21)10(11)4-5-22-18)23-16(24)8-12-13(19)2-3-14(20)17(12)25/h2-7,25H,8,21H2,1H3,(H,23,24). The number of amides is 1. The Bertz CT molecular complexity index is 1030. The second-order valence-corrected chi connectivity index (χ2v) is 6.67. The van der Waals surface area contributed by atoms with Crippen LogP contribution in [-0.4, -0.2) is 23.1 Å². The molecule has 0 saturated carbocycles. The van der Waals surface area contributed by atoms with E-state index in [9.17, 15) is 14.3 Å². The number of nitrogens with two attached hydrogens (primary N) is 1. The molecule has 0 bridgehead atoms. The van der Waals surface area contributed by atoms with Crippen molar-refractivity contribution in [2.45, 2.75) is 11.3 Å². The molecule has 140 valence electrons. The second kappa shape index (κ2) is 7.99. The fourth-order valence-electron chi connectivity index (χ4n) is 2.67. The quantitative estimate of drug-likeness (QED) is 0.555. The highest BCUT2D eigenvalue weighted by Gasteiger charge is 2.16. The summed E-state index contributed by atoms with van der Waals surface area (Å²) in [5.74, 6) is -1.57.